The second-order valence-corrected chi connectivity index (χ2v) is 6.80. The minimum atomic E-state index is -0.184. The summed E-state index contributed by atoms with van der Waals surface area (Å²) >= 11 is 0. The van der Waals surface area contributed by atoms with Crippen molar-refractivity contribution in [2.45, 2.75) is 18.8 Å². The molecule has 1 aromatic heterocycles. The summed E-state index contributed by atoms with van der Waals surface area (Å²) in [5.74, 6) is 1.04. The van der Waals surface area contributed by atoms with E-state index in [2.05, 4.69) is 22.6 Å². The number of fused-ring (bicyclic) bond motifs is 1. The van der Waals surface area contributed by atoms with E-state index >= 15 is 0 Å². The number of halogens is 1. The molecule has 2 N–H and O–H groups in total. The van der Waals surface area contributed by atoms with Crippen molar-refractivity contribution in [3.05, 3.63) is 71.2 Å². The average molecular weight is 333 g/mol. The smallest absolute Gasteiger partial charge is 0.123 e. The maximum Gasteiger partial charge on any atom is 0.123 e. The summed E-state index contributed by atoms with van der Waals surface area (Å²) in [6, 6.07) is 14.7. The molecule has 2 aromatic carbocycles. The van der Waals surface area contributed by atoms with Crippen molar-refractivity contribution in [2.24, 2.45) is 5.92 Å². The molecule has 2 atom stereocenters. The van der Waals surface area contributed by atoms with Crippen LogP contribution in [0.4, 0.5) is 4.39 Å². The molecule has 1 heterocycles. The number of nitrogens with zero attached hydrogens (tertiary/aromatic N) is 1. The molecular weight excluding hydrogens is 313 g/mol. The monoisotopic (exact) mass is 333 g/mol. The molecule has 0 unspecified atom stereocenters. The Labute approximate surface area is 146 Å². The van der Waals surface area contributed by atoms with Gasteiger partial charge in [0.15, 0.2) is 0 Å². The van der Waals surface area contributed by atoms with Crippen molar-refractivity contribution in [3.63, 3.8) is 0 Å². The van der Waals surface area contributed by atoms with Crippen LogP contribution in [0, 0.1) is 23.1 Å². The maximum atomic E-state index is 12.9. The third kappa shape index (κ3) is 3.42. The van der Waals surface area contributed by atoms with E-state index < -0.39 is 0 Å². The van der Waals surface area contributed by atoms with Crippen LogP contribution in [0.5, 0.6) is 0 Å². The molecule has 0 radical (unpaired) electrons. The molecule has 0 spiro atoms. The highest BCUT2D eigenvalue weighted by Crippen LogP contribution is 2.49. The second kappa shape index (κ2) is 6.70. The lowest BCUT2D eigenvalue weighted by Crippen LogP contribution is -2.20. The lowest BCUT2D eigenvalue weighted by molar-refractivity contribution is 0.619. The van der Waals surface area contributed by atoms with Gasteiger partial charge in [-0.2, -0.15) is 5.26 Å². The van der Waals surface area contributed by atoms with Crippen LogP contribution < -0.4 is 5.32 Å². The largest absolute Gasteiger partial charge is 0.361 e. The summed E-state index contributed by atoms with van der Waals surface area (Å²) in [6.07, 6.45) is 4.19. The van der Waals surface area contributed by atoms with Gasteiger partial charge in [0.05, 0.1) is 11.6 Å². The normalized spacial score (nSPS) is 19.0. The number of hydrogen-bond acceptors (Lipinski definition) is 2. The molecule has 4 rings (SSSR count). The van der Waals surface area contributed by atoms with Gasteiger partial charge in [-0.1, -0.05) is 12.1 Å². The second-order valence-electron chi connectivity index (χ2n) is 6.80. The fourth-order valence-corrected chi connectivity index (χ4v) is 3.54. The summed E-state index contributed by atoms with van der Waals surface area (Å²) in [7, 11) is 0. The van der Waals surface area contributed by atoms with E-state index in [1.165, 1.54) is 29.5 Å². The van der Waals surface area contributed by atoms with Gasteiger partial charge >= 0.3 is 0 Å². The number of nitrogens with one attached hydrogen (secondary N) is 2. The van der Waals surface area contributed by atoms with Gasteiger partial charge in [-0.05, 0) is 79.2 Å². The number of aromatic amines is 1. The highest BCUT2D eigenvalue weighted by molar-refractivity contribution is 5.85. The molecule has 0 bridgehead atoms. The number of benzene rings is 2. The summed E-state index contributed by atoms with van der Waals surface area (Å²) in [5.41, 5.74) is 4.30. The zero-order chi connectivity index (χ0) is 17.2. The molecule has 4 heteroatoms. The van der Waals surface area contributed by atoms with E-state index in [4.69, 9.17) is 5.26 Å². The first-order chi connectivity index (χ1) is 12.2. The molecular formula is C21H20FN3. The molecule has 3 aromatic rings. The molecule has 1 saturated carbocycles. The SMILES string of the molecule is N#Cc1ccc2[nH]cc([C@@H]3C[C@H]3CNCCc3ccc(F)cc3)c2c1. The van der Waals surface area contributed by atoms with Crippen molar-refractivity contribution >= 4 is 10.9 Å². The first-order valence-corrected chi connectivity index (χ1v) is 8.71. The van der Waals surface area contributed by atoms with Crippen LogP contribution in [0.3, 0.4) is 0 Å². The number of nitriles is 1. The molecule has 3 nitrogen and oxygen atoms in total. The molecule has 1 aliphatic rings. The quantitative estimate of drug-likeness (QED) is 0.667. The number of hydrogen-bond donors (Lipinski definition) is 2. The van der Waals surface area contributed by atoms with Crippen LogP contribution in [0.25, 0.3) is 10.9 Å². The predicted molar refractivity (Wildman–Crippen MR) is 96.8 cm³/mol. The van der Waals surface area contributed by atoms with E-state index in [0.29, 0.717) is 17.4 Å². The van der Waals surface area contributed by atoms with Gasteiger partial charge in [0.25, 0.3) is 0 Å². The standard InChI is InChI=1S/C21H20FN3/c22-17-4-1-14(2-5-17)7-8-24-12-16-10-18(16)20-13-25-21-6-3-15(11-23)9-19(20)21/h1-6,9,13,16,18,24-25H,7-8,10,12H2/t16-,18+/m0/s1. The third-order valence-corrected chi connectivity index (χ3v) is 5.08. The van der Waals surface area contributed by atoms with Crippen LogP contribution in [-0.4, -0.2) is 18.1 Å². The van der Waals surface area contributed by atoms with E-state index in [1.807, 2.05) is 30.3 Å². The van der Waals surface area contributed by atoms with Crippen molar-refractivity contribution < 1.29 is 4.39 Å². The van der Waals surface area contributed by atoms with Crippen molar-refractivity contribution in [2.75, 3.05) is 13.1 Å². The fourth-order valence-electron chi connectivity index (χ4n) is 3.54. The summed E-state index contributed by atoms with van der Waals surface area (Å²) < 4.78 is 12.9. The predicted octanol–water partition coefficient (Wildman–Crippen LogP) is 4.11. The lowest BCUT2D eigenvalue weighted by atomic mass is 10.1. The molecule has 0 aliphatic heterocycles. The zero-order valence-corrected chi connectivity index (χ0v) is 13.9. The number of rotatable bonds is 6. The Balaban J connectivity index is 1.31. The molecule has 126 valence electrons. The molecule has 25 heavy (non-hydrogen) atoms. The first kappa shape index (κ1) is 15.9. The van der Waals surface area contributed by atoms with Gasteiger partial charge in [0.1, 0.15) is 5.82 Å². The van der Waals surface area contributed by atoms with Gasteiger partial charge in [0, 0.05) is 17.1 Å². The molecule has 1 fully saturated rings. The Morgan fingerprint density at radius 2 is 2.04 bits per heavy atom. The lowest BCUT2D eigenvalue weighted by Gasteiger charge is -2.05. The highest BCUT2D eigenvalue weighted by Gasteiger charge is 2.39. The van der Waals surface area contributed by atoms with Crippen molar-refractivity contribution in [1.29, 1.82) is 5.26 Å². The minimum Gasteiger partial charge on any atom is -0.361 e. The Morgan fingerprint density at radius 1 is 1.20 bits per heavy atom. The summed E-state index contributed by atoms with van der Waals surface area (Å²) in [6.45, 7) is 1.90. The molecule has 1 aliphatic carbocycles. The topological polar surface area (TPSA) is 51.6 Å². The minimum absolute atomic E-state index is 0.184. The maximum absolute atomic E-state index is 12.9. The Morgan fingerprint density at radius 3 is 2.84 bits per heavy atom. The molecule has 0 saturated heterocycles. The van der Waals surface area contributed by atoms with Crippen LogP contribution in [0.2, 0.25) is 0 Å². The first-order valence-electron chi connectivity index (χ1n) is 8.71. The number of H-pyrrole nitrogens is 1. The summed E-state index contributed by atoms with van der Waals surface area (Å²) in [5, 5.41) is 13.8. The van der Waals surface area contributed by atoms with Crippen LogP contribution in [-0.2, 0) is 6.42 Å². The van der Waals surface area contributed by atoms with Gasteiger partial charge in [0.2, 0.25) is 0 Å². The molecule has 0 amide bonds. The van der Waals surface area contributed by atoms with Crippen molar-refractivity contribution in [1.82, 2.24) is 10.3 Å². The van der Waals surface area contributed by atoms with E-state index in [1.54, 1.807) is 0 Å². The third-order valence-electron chi connectivity index (χ3n) is 5.08. The van der Waals surface area contributed by atoms with E-state index in [9.17, 15) is 4.39 Å². The van der Waals surface area contributed by atoms with Crippen LogP contribution in [0.1, 0.15) is 29.0 Å². The average Bonchev–Trinajstić information content (AvgIpc) is 3.28. The van der Waals surface area contributed by atoms with Crippen LogP contribution in [0.15, 0.2) is 48.7 Å². The van der Waals surface area contributed by atoms with Gasteiger partial charge in [-0.3, -0.25) is 0 Å². The van der Waals surface area contributed by atoms with Crippen molar-refractivity contribution in [3.8, 4) is 6.07 Å². The van der Waals surface area contributed by atoms with Gasteiger partial charge in [-0.25, -0.2) is 4.39 Å². The fraction of sp³-hybridized carbons (Fsp3) is 0.286. The highest BCUT2D eigenvalue weighted by atomic mass is 19.1. The number of aromatic nitrogens is 1. The summed E-state index contributed by atoms with van der Waals surface area (Å²) in [4.78, 5) is 3.31. The van der Waals surface area contributed by atoms with Crippen LogP contribution >= 0.6 is 0 Å². The Hall–Kier alpha value is -2.64. The zero-order valence-electron chi connectivity index (χ0n) is 13.9. The Bertz CT molecular complexity index is 920. The van der Waals surface area contributed by atoms with E-state index in [-0.39, 0.29) is 5.82 Å². The van der Waals surface area contributed by atoms with E-state index in [0.717, 1.165) is 30.6 Å². The Kier molecular flexibility index (Phi) is 4.25. The van der Waals surface area contributed by atoms with Gasteiger partial charge in [-0.15, -0.1) is 0 Å². The van der Waals surface area contributed by atoms with Gasteiger partial charge < -0.3 is 10.3 Å².